The monoisotopic (exact) mass is 474 g/mol. The molecule has 0 aliphatic carbocycles. The summed E-state index contributed by atoms with van der Waals surface area (Å²) in [6.45, 7) is 0.0616. The highest BCUT2D eigenvalue weighted by Crippen LogP contribution is 2.29. The van der Waals surface area contributed by atoms with Crippen LogP contribution in [0.3, 0.4) is 0 Å². The lowest BCUT2D eigenvalue weighted by Crippen LogP contribution is -2.49. The number of esters is 2. The Hall–Kier alpha value is -3.70. The zero-order chi connectivity index (χ0) is 24.0. The molecule has 0 unspecified atom stereocenters. The molecule has 0 radical (unpaired) electrons. The lowest BCUT2D eigenvalue weighted by molar-refractivity contribution is -0.134. The molecule has 10 nitrogen and oxygen atoms in total. The Balaban J connectivity index is 1.80. The summed E-state index contributed by atoms with van der Waals surface area (Å²) in [5.74, 6) is -1.36. The number of carbonyl (C=O) groups is 3. The van der Waals surface area contributed by atoms with Crippen molar-refractivity contribution in [2.24, 2.45) is 0 Å². The third-order valence-electron chi connectivity index (χ3n) is 4.71. The molecule has 33 heavy (non-hydrogen) atoms. The zero-order valence-electron chi connectivity index (χ0n) is 17.9. The number of piperazine rings is 1. The van der Waals surface area contributed by atoms with Gasteiger partial charge in [0.15, 0.2) is 11.5 Å². The Bertz CT molecular complexity index is 1210. The summed E-state index contributed by atoms with van der Waals surface area (Å²) < 4.78 is 42.0. The lowest BCUT2D eigenvalue weighted by Gasteiger charge is -2.26. The summed E-state index contributed by atoms with van der Waals surface area (Å²) in [4.78, 5) is 35.4. The average molecular weight is 474 g/mol. The van der Waals surface area contributed by atoms with Crippen LogP contribution in [0, 0.1) is 0 Å². The van der Waals surface area contributed by atoms with Crippen LogP contribution in [0.15, 0.2) is 53.4 Å². The molecule has 0 atom stereocenters. The lowest BCUT2D eigenvalue weighted by atomic mass is 10.2. The fourth-order valence-electron chi connectivity index (χ4n) is 3.02. The van der Waals surface area contributed by atoms with E-state index in [9.17, 15) is 22.8 Å². The Labute approximate surface area is 190 Å². The normalized spacial score (nSPS) is 14.5. The van der Waals surface area contributed by atoms with Gasteiger partial charge < -0.3 is 19.5 Å². The van der Waals surface area contributed by atoms with E-state index in [-0.39, 0.29) is 41.6 Å². The van der Waals surface area contributed by atoms with Crippen molar-refractivity contribution in [2.75, 3.05) is 33.9 Å². The van der Waals surface area contributed by atoms with E-state index in [1.54, 1.807) is 12.1 Å². The van der Waals surface area contributed by atoms with Gasteiger partial charge in [-0.15, -0.1) is 0 Å². The number of hydrogen-bond acceptors (Lipinski definition) is 8. The van der Waals surface area contributed by atoms with Crippen LogP contribution in [0.5, 0.6) is 11.5 Å². The topological polar surface area (TPSA) is 128 Å². The first-order valence-electron chi connectivity index (χ1n) is 9.78. The van der Waals surface area contributed by atoms with Gasteiger partial charge in [-0.1, -0.05) is 12.1 Å². The minimum absolute atomic E-state index is 0.00857. The van der Waals surface area contributed by atoms with Gasteiger partial charge in [-0.25, -0.2) is 18.0 Å². The number of rotatable bonds is 7. The van der Waals surface area contributed by atoms with Crippen LogP contribution in [0.4, 0.5) is 0 Å². The van der Waals surface area contributed by atoms with Gasteiger partial charge in [-0.05, 0) is 42.0 Å². The van der Waals surface area contributed by atoms with Gasteiger partial charge >= 0.3 is 11.9 Å². The van der Waals surface area contributed by atoms with Crippen LogP contribution in [0.25, 0.3) is 6.08 Å². The highest BCUT2D eigenvalue weighted by atomic mass is 32.2. The van der Waals surface area contributed by atoms with Gasteiger partial charge in [0, 0.05) is 19.2 Å². The summed E-state index contributed by atoms with van der Waals surface area (Å²) in [5, 5.41) is 2.57. The van der Waals surface area contributed by atoms with Crippen molar-refractivity contribution < 1.29 is 37.0 Å². The molecule has 0 saturated carbocycles. The van der Waals surface area contributed by atoms with Crippen LogP contribution in [-0.4, -0.2) is 64.4 Å². The Kier molecular flexibility index (Phi) is 7.46. The molecule has 1 N–H and O–H groups in total. The minimum Gasteiger partial charge on any atom is -0.493 e. The molecule has 0 spiro atoms. The van der Waals surface area contributed by atoms with Crippen LogP contribution >= 0.6 is 0 Å². The predicted molar refractivity (Wildman–Crippen MR) is 117 cm³/mol. The minimum atomic E-state index is -3.96. The van der Waals surface area contributed by atoms with Crippen molar-refractivity contribution in [1.29, 1.82) is 0 Å². The molecule has 3 rings (SSSR count). The zero-order valence-corrected chi connectivity index (χ0v) is 18.8. The summed E-state index contributed by atoms with van der Waals surface area (Å²) in [7, 11) is -1.31. The number of sulfonamides is 1. The fourth-order valence-corrected chi connectivity index (χ4v) is 4.46. The molecule has 1 aliphatic heterocycles. The first-order valence-corrected chi connectivity index (χ1v) is 11.2. The van der Waals surface area contributed by atoms with E-state index in [2.05, 4.69) is 10.1 Å². The van der Waals surface area contributed by atoms with Crippen LogP contribution in [0.2, 0.25) is 0 Å². The molecule has 11 heteroatoms. The molecule has 0 aromatic heterocycles. The van der Waals surface area contributed by atoms with E-state index in [0.717, 1.165) is 4.31 Å². The molecular formula is C22H22N2O8S. The molecule has 2 aromatic rings. The largest absolute Gasteiger partial charge is 0.493 e. The summed E-state index contributed by atoms with van der Waals surface area (Å²) in [5.41, 5.74) is 0.616. The third kappa shape index (κ3) is 5.76. The summed E-state index contributed by atoms with van der Waals surface area (Å²) >= 11 is 0. The molecule has 2 aromatic carbocycles. The van der Waals surface area contributed by atoms with Gasteiger partial charge in [0.05, 0.1) is 31.2 Å². The smallest absolute Gasteiger partial charge is 0.343 e. The number of ether oxygens (including phenoxy) is 3. The second kappa shape index (κ2) is 10.3. The van der Waals surface area contributed by atoms with E-state index in [0.29, 0.717) is 5.56 Å². The van der Waals surface area contributed by atoms with Crippen LogP contribution in [-0.2, 0) is 24.3 Å². The maximum atomic E-state index is 12.9. The average Bonchev–Trinajstić information content (AvgIpc) is 2.83. The molecule has 1 heterocycles. The number of nitrogens with zero attached hydrogens (tertiary/aromatic N) is 1. The standard InChI is InChI=1S/C22H22N2O8S/c1-30-19-12-15(7-9-21(26)31-2)6-8-18(19)32-22(27)16-4-3-5-17(13-16)33(28,29)24-11-10-23-20(25)14-24/h3-9,12-13H,10-11,14H2,1-2H3,(H,23,25)/b9-7+. The highest BCUT2D eigenvalue weighted by Gasteiger charge is 2.29. The van der Waals surface area contributed by atoms with E-state index in [4.69, 9.17) is 9.47 Å². The van der Waals surface area contributed by atoms with Crippen molar-refractivity contribution >= 4 is 33.9 Å². The maximum absolute atomic E-state index is 12.9. The van der Waals surface area contributed by atoms with E-state index < -0.39 is 27.9 Å². The number of carbonyl (C=O) groups excluding carboxylic acids is 3. The van der Waals surface area contributed by atoms with Crippen molar-refractivity contribution in [2.45, 2.75) is 4.90 Å². The van der Waals surface area contributed by atoms with Gasteiger partial charge in [0.2, 0.25) is 15.9 Å². The van der Waals surface area contributed by atoms with Crippen molar-refractivity contribution in [3.63, 3.8) is 0 Å². The molecule has 1 amide bonds. The second-order valence-corrected chi connectivity index (χ2v) is 8.81. The highest BCUT2D eigenvalue weighted by molar-refractivity contribution is 7.89. The molecule has 1 aliphatic rings. The molecular weight excluding hydrogens is 452 g/mol. The van der Waals surface area contributed by atoms with E-state index in [1.807, 2.05) is 0 Å². The summed E-state index contributed by atoms with van der Waals surface area (Å²) in [6.07, 6.45) is 2.74. The number of amides is 1. The number of hydrogen-bond donors (Lipinski definition) is 1. The first-order chi connectivity index (χ1) is 15.7. The third-order valence-corrected chi connectivity index (χ3v) is 6.56. The number of benzene rings is 2. The molecule has 174 valence electrons. The molecule has 1 fully saturated rings. The van der Waals surface area contributed by atoms with Crippen LogP contribution in [0.1, 0.15) is 15.9 Å². The van der Waals surface area contributed by atoms with Crippen molar-refractivity contribution in [1.82, 2.24) is 9.62 Å². The van der Waals surface area contributed by atoms with Gasteiger partial charge in [-0.3, -0.25) is 4.79 Å². The van der Waals surface area contributed by atoms with Crippen molar-refractivity contribution in [3.05, 3.63) is 59.7 Å². The predicted octanol–water partition coefficient (Wildman–Crippen LogP) is 1.22. The Morgan fingerprint density at radius 1 is 1.09 bits per heavy atom. The SMILES string of the molecule is COC(=O)/C=C/c1ccc(OC(=O)c2cccc(S(=O)(=O)N3CCNC(=O)C3)c2)c(OC)c1. The Morgan fingerprint density at radius 3 is 2.58 bits per heavy atom. The molecule has 1 saturated heterocycles. The first kappa shape index (κ1) is 24.0. The second-order valence-electron chi connectivity index (χ2n) is 6.87. The van der Waals surface area contributed by atoms with E-state index in [1.165, 1.54) is 56.7 Å². The number of nitrogens with one attached hydrogen (secondary N) is 1. The quantitative estimate of drug-likeness (QED) is 0.360. The van der Waals surface area contributed by atoms with E-state index >= 15 is 0 Å². The number of methoxy groups -OCH3 is 2. The summed E-state index contributed by atoms with van der Waals surface area (Å²) in [6, 6.07) is 10.0. The molecule has 0 bridgehead atoms. The van der Waals surface area contributed by atoms with Crippen molar-refractivity contribution in [3.8, 4) is 11.5 Å². The van der Waals surface area contributed by atoms with Gasteiger partial charge in [-0.2, -0.15) is 4.31 Å². The Morgan fingerprint density at radius 2 is 1.88 bits per heavy atom. The van der Waals surface area contributed by atoms with Gasteiger partial charge in [0.1, 0.15) is 0 Å². The fraction of sp³-hybridized carbons (Fsp3) is 0.227. The maximum Gasteiger partial charge on any atom is 0.343 e. The van der Waals surface area contributed by atoms with Gasteiger partial charge in [0.25, 0.3) is 0 Å². The van der Waals surface area contributed by atoms with Crippen LogP contribution < -0.4 is 14.8 Å².